The molecule has 3 heteroatoms. The fourth-order valence-electron chi connectivity index (χ4n) is 1.71. The van der Waals surface area contributed by atoms with Crippen molar-refractivity contribution in [3.8, 4) is 0 Å². The van der Waals surface area contributed by atoms with Gasteiger partial charge < -0.3 is 9.72 Å². The molecular formula is C12H13NO2. The molecule has 78 valence electrons. The molecule has 1 aromatic carbocycles. The fourth-order valence-corrected chi connectivity index (χ4v) is 1.71. The predicted octanol–water partition coefficient (Wildman–Crippen LogP) is 2.65. The van der Waals surface area contributed by atoms with E-state index in [0.29, 0.717) is 12.3 Å². The number of hydrogen-bond acceptors (Lipinski definition) is 2. The van der Waals surface area contributed by atoms with Gasteiger partial charge in [0, 0.05) is 16.5 Å². The molecule has 0 saturated heterocycles. The maximum Gasteiger partial charge on any atom is 0.355 e. The molecule has 1 heterocycles. The second-order valence-electron chi connectivity index (χ2n) is 3.39. The first kappa shape index (κ1) is 9.77. The molecule has 0 unspecified atom stereocenters. The van der Waals surface area contributed by atoms with Gasteiger partial charge >= 0.3 is 5.97 Å². The van der Waals surface area contributed by atoms with Crippen molar-refractivity contribution >= 4 is 16.7 Å². The Labute approximate surface area is 88.1 Å². The molecule has 0 amide bonds. The molecule has 1 aromatic heterocycles. The van der Waals surface area contributed by atoms with E-state index in [0.717, 1.165) is 16.5 Å². The number of carbonyl (C=O) groups excluding carboxylic acids is 1. The summed E-state index contributed by atoms with van der Waals surface area (Å²) < 4.78 is 4.98. The number of aromatic nitrogens is 1. The topological polar surface area (TPSA) is 42.1 Å². The number of esters is 1. The highest BCUT2D eigenvalue weighted by atomic mass is 16.5. The Balaban J connectivity index is 2.57. The number of benzene rings is 1. The predicted molar refractivity (Wildman–Crippen MR) is 59.0 cm³/mol. The first-order valence-corrected chi connectivity index (χ1v) is 4.98. The van der Waals surface area contributed by atoms with Crippen molar-refractivity contribution < 1.29 is 9.53 Å². The van der Waals surface area contributed by atoms with E-state index in [9.17, 15) is 4.79 Å². The number of ether oxygens (including phenoxy) is 1. The lowest BCUT2D eigenvalue weighted by atomic mass is 10.1. The van der Waals surface area contributed by atoms with Crippen molar-refractivity contribution in [2.75, 3.05) is 6.61 Å². The average molecular weight is 203 g/mol. The molecule has 0 atom stereocenters. The zero-order valence-corrected chi connectivity index (χ0v) is 8.83. The molecule has 1 N–H and O–H groups in total. The SMILES string of the molecule is CCOC(=O)c1[nH]c(C)c2ccccc12. The molecule has 0 fully saturated rings. The van der Waals surface area contributed by atoms with Crippen molar-refractivity contribution in [1.29, 1.82) is 0 Å². The number of aromatic amines is 1. The van der Waals surface area contributed by atoms with Gasteiger partial charge in [-0.2, -0.15) is 0 Å². The molecule has 3 nitrogen and oxygen atoms in total. The summed E-state index contributed by atoms with van der Waals surface area (Å²) in [5.74, 6) is -0.290. The van der Waals surface area contributed by atoms with Crippen molar-refractivity contribution in [3.63, 3.8) is 0 Å². The third kappa shape index (κ3) is 1.61. The Bertz CT molecular complexity index is 499. The highest BCUT2D eigenvalue weighted by Crippen LogP contribution is 2.22. The van der Waals surface area contributed by atoms with Crippen LogP contribution in [0, 0.1) is 6.92 Å². The normalized spacial score (nSPS) is 10.5. The van der Waals surface area contributed by atoms with Gasteiger partial charge in [-0.3, -0.25) is 0 Å². The molecule has 2 aromatic rings. The van der Waals surface area contributed by atoms with E-state index in [1.54, 1.807) is 6.92 Å². The van der Waals surface area contributed by atoms with Crippen molar-refractivity contribution in [2.45, 2.75) is 13.8 Å². The largest absolute Gasteiger partial charge is 0.461 e. The average Bonchev–Trinajstić information content (AvgIpc) is 2.58. The number of aryl methyl sites for hydroxylation is 1. The number of H-pyrrole nitrogens is 1. The maximum atomic E-state index is 11.6. The second kappa shape index (κ2) is 3.77. The van der Waals surface area contributed by atoms with E-state index >= 15 is 0 Å². The summed E-state index contributed by atoms with van der Waals surface area (Å²) in [6, 6.07) is 7.78. The van der Waals surface area contributed by atoms with Crippen LogP contribution >= 0.6 is 0 Å². The third-order valence-electron chi connectivity index (χ3n) is 2.39. The van der Waals surface area contributed by atoms with E-state index in [4.69, 9.17) is 4.74 Å². The van der Waals surface area contributed by atoms with Gasteiger partial charge in [0.15, 0.2) is 0 Å². The number of fused-ring (bicyclic) bond motifs is 1. The first-order chi connectivity index (χ1) is 7.24. The monoisotopic (exact) mass is 203 g/mol. The Morgan fingerprint density at radius 1 is 1.33 bits per heavy atom. The molecule has 0 aliphatic heterocycles. The van der Waals surface area contributed by atoms with Gasteiger partial charge in [-0.25, -0.2) is 4.79 Å². The summed E-state index contributed by atoms with van der Waals surface area (Å²) in [6.07, 6.45) is 0. The zero-order valence-electron chi connectivity index (χ0n) is 8.83. The van der Waals surface area contributed by atoms with Crippen molar-refractivity contribution in [2.24, 2.45) is 0 Å². The number of carbonyl (C=O) groups is 1. The van der Waals surface area contributed by atoms with E-state index < -0.39 is 0 Å². The molecular weight excluding hydrogens is 190 g/mol. The fraction of sp³-hybridized carbons (Fsp3) is 0.250. The van der Waals surface area contributed by atoms with Crippen LogP contribution in [-0.2, 0) is 4.74 Å². The number of nitrogens with one attached hydrogen (secondary N) is 1. The van der Waals surface area contributed by atoms with E-state index in [1.165, 1.54) is 0 Å². The molecule has 0 bridgehead atoms. The van der Waals surface area contributed by atoms with Gasteiger partial charge in [-0.1, -0.05) is 24.3 Å². The van der Waals surface area contributed by atoms with Gasteiger partial charge in [-0.05, 0) is 13.8 Å². The van der Waals surface area contributed by atoms with Crippen LogP contribution in [-0.4, -0.2) is 17.6 Å². The van der Waals surface area contributed by atoms with E-state index in [2.05, 4.69) is 4.98 Å². The molecule has 0 spiro atoms. The molecule has 0 saturated carbocycles. The summed E-state index contributed by atoms with van der Waals surface area (Å²) in [5.41, 5.74) is 1.54. The van der Waals surface area contributed by atoms with Gasteiger partial charge in [0.25, 0.3) is 0 Å². The highest BCUT2D eigenvalue weighted by molar-refractivity contribution is 6.04. The summed E-state index contributed by atoms with van der Waals surface area (Å²) in [4.78, 5) is 14.7. The van der Waals surface area contributed by atoms with Crippen LogP contribution in [0.2, 0.25) is 0 Å². The summed E-state index contributed by atoms with van der Waals surface area (Å²) >= 11 is 0. The van der Waals surface area contributed by atoms with Crippen LogP contribution in [0.4, 0.5) is 0 Å². The van der Waals surface area contributed by atoms with Crippen LogP contribution in [0.15, 0.2) is 24.3 Å². The van der Waals surface area contributed by atoms with Crippen LogP contribution in [0.5, 0.6) is 0 Å². The Hall–Kier alpha value is -1.77. The minimum atomic E-state index is -0.290. The van der Waals surface area contributed by atoms with Gasteiger partial charge in [0.05, 0.1) is 6.61 Å². The second-order valence-corrected chi connectivity index (χ2v) is 3.39. The lowest BCUT2D eigenvalue weighted by molar-refractivity contribution is 0.0522. The smallest absolute Gasteiger partial charge is 0.355 e. The third-order valence-corrected chi connectivity index (χ3v) is 2.39. The van der Waals surface area contributed by atoms with Crippen LogP contribution in [0.3, 0.4) is 0 Å². The van der Waals surface area contributed by atoms with Crippen molar-refractivity contribution in [3.05, 3.63) is 35.7 Å². The lowest BCUT2D eigenvalue weighted by Crippen LogP contribution is -2.05. The van der Waals surface area contributed by atoms with E-state index in [1.807, 2.05) is 31.2 Å². The minimum Gasteiger partial charge on any atom is -0.461 e. The molecule has 0 radical (unpaired) electrons. The van der Waals surface area contributed by atoms with E-state index in [-0.39, 0.29) is 5.97 Å². The molecule has 0 aliphatic carbocycles. The Morgan fingerprint density at radius 3 is 2.67 bits per heavy atom. The highest BCUT2D eigenvalue weighted by Gasteiger charge is 2.14. The standard InChI is InChI=1S/C12H13NO2/c1-3-15-12(14)11-10-7-5-4-6-9(10)8(2)13-11/h4-7,13H,3H2,1-2H3. The molecule has 2 rings (SSSR count). The quantitative estimate of drug-likeness (QED) is 0.762. The summed E-state index contributed by atoms with van der Waals surface area (Å²) in [5, 5.41) is 1.99. The number of hydrogen-bond donors (Lipinski definition) is 1. The Kier molecular flexibility index (Phi) is 2.46. The van der Waals surface area contributed by atoms with Crippen LogP contribution < -0.4 is 0 Å². The molecule has 0 aliphatic rings. The van der Waals surface area contributed by atoms with Crippen molar-refractivity contribution in [1.82, 2.24) is 4.98 Å². The lowest BCUT2D eigenvalue weighted by Gasteiger charge is -1.99. The zero-order chi connectivity index (χ0) is 10.8. The maximum absolute atomic E-state index is 11.6. The number of rotatable bonds is 2. The van der Waals surface area contributed by atoms with Gasteiger partial charge in [0.2, 0.25) is 0 Å². The minimum absolute atomic E-state index is 0.290. The molecule has 15 heavy (non-hydrogen) atoms. The van der Waals surface area contributed by atoms with Gasteiger partial charge in [0.1, 0.15) is 5.69 Å². The summed E-state index contributed by atoms with van der Waals surface area (Å²) in [7, 11) is 0. The van der Waals surface area contributed by atoms with Gasteiger partial charge in [-0.15, -0.1) is 0 Å². The first-order valence-electron chi connectivity index (χ1n) is 4.98. The van der Waals surface area contributed by atoms with Crippen LogP contribution in [0.1, 0.15) is 23.1 Å². The van der Waals surface area contributed by atoms with Crippen LogP contribution in [0.25, 0.3) is 10.8 Å². The summed E-state index contributed by atoms with van der Waals surface area (Å²) in [6.45, 7) is 4.15. The Morgan fingerprint density at radius 2 is 2.00 bits per heavy atom.